The normalized spacial score (nSPS) is 12.3. The van der Waals surface area contributed by atoms with Gasteiger partial charge in [0.25, 0.3) is 0 Å². The molecule has 178 valence electrons. The molecule has 2 nitrogen and oxygen atoms in total. The van der Waals surface area contributed by atoms with E-state index in [1.165, 1.54) is 27.4 Å². The monoisotopic (exact) mass is 476 g/mol. The number of rotatable bonds is 6. The van der Waals surface area contributed by atoms with Gasteiger partial charge in [-0.05, 0) is 59.0 Å². The van der Waals surface area contributed by atoms with Crippen molar-refractivity contribution in [1.29, 1.82) is 0 Å². The molecule has 0 saturated carbocycles. The second kappa shape index (κ2) is 10.0. The summed E-state index contributed by atoms with van der Waals surface area (Å²) in [4.78, 5) is 0. The highest BCUT2D eigenvalue weighted by Crippen LogP contribution is 2.32. The summed E-state index contributed by atoms with van der Waals surface area (Å²) in [6.07, 6.45) is 5.19. The molecule has 2 N–H and O–H groups in total. The van der Waals surface area contributed by atoms with Crippen molar-refractivity contribution in [3.63, 3.8) is 0 Å². The standard InChI is InChI=1S/C35H28N2/c36-33(28-13-5-2-6-14-28)25-29(20-19-26-11-3-1-4-12-26)27-21-23-30(24-22-27)37-34-17-9-7-15-31(34)32-16-8-10-18-35(32)37/h1-18,20-25H,19,36H2/b29-20+,33-25-. The molecule has 0 unspecified atom stereocenters. The minimum atomic E-state index is 0.756. The molecule has 0 aliphatic heterocycles. The van der Waals surface area contributed by atoms with Crippen molar-refractivity contribution in [2.24, 2.45) is 5.73 Å². The van der Waals surface area contributed by atoms with Crippen molar-refractivity contribution in [2.75, 3.05) is 0 Å². The fourth-order valence-electron chi connectivity index (χ4n) is 4.99. The van der Waals surface area contributed by atoms with Crippen LogP contribution in [0.4, 0.5) is 0 Å². The van der Waals surface area contributed by atoms with Crippen molar-refractivity contribution in [1.82, 2.24) is 4.57 Å². The molecule has 37 heavy (non-hydrogen) atoms. The zero-order chi connectivity index (χ0) is 25.0. The van der Waals surface area contributed by atoms with Gasteiger partial charge < -0.3 is 10.3 Å². The maximum Gasteiger partial charge on any atom is 0.0541 e. The topological polar surface area (TPSA) is 30.9 Å². The van der Waals surface area contributed by atoms with Gasteiger partial charge in [0, 0.05) is 22.2 Å². The third-order valence-corrected chi connectivity index (χ3v) is 6.86. The number of hydrogen-bond acceptors (Lipinski definition) is 1. The van der Waals surface area contributed by atoms with Crippen LogP contribution < -0.4 is 5.73 Å². The molecule has 0 spiro atoms. The SMILES string of the molecule is N/C(=C\C(=C/Cc1ccccc1)c1ccc(-n2c3ccccc3c3ccccc32)cc1)c1ccccc1. The van der Waals surface area contributed by atoms with Gasteiger partial charge in [-0.2, -0.15) is 0 Å². The van der Waals surface area contributed by atoms with Gasteiger partial charge in [-0.1, -0.05) is 115 Å². The van der Waals surface area contributed by atoms with Gasteiger partial charge in [0.2, 0.25) is 0 Å². The summed E-state index contributed by atoms with van der Waals surface area (Å²) in [5.74, 6) is 0. The number of para-hydroxylation sites is 2. The smallest absolute Gasteiger partial charge is 0.0541 e. The Morgan fingerprint density at radius 1 is 0.568 bits per heavy atom. The van der Waals surface area contributed by atoms with Crippen LogP contribution in [-0.2, 0) is 6.42 Å². The van der Waals surface area contributed by atoms with Crippen LogP contribution in [0.15, 0.2) is 146 Å². The van der Waals surface area contributed by atoms with Crippen LogP contribution in [0.3, 0.4) is 0 Å². The van der Waals surface area contributed by atoms with Crippen molar-refractivity contribution in [3.8, 4) is 5.69 Å². The molecular formula is C35H28N2. The summed E-state index contributed by atoms with van der Waals surface area (Å²) in [5, 5.41) is 2.54. The van der Waals surface area contributed by atoms with Crippen LogP contribution in [0.1, 0.15) is 16.7 Å². The molecule has 0 aliphatic carbocycles. The van der Waals surface area contributed by atoms with E-state index in [1.54, 1.807) is 0 Å². The lowest BCUT2D eigenvalue weighted by Crippen LogP contribution is -1.98. The first-order valence-corrected chi connectivity index (χ1v) is 12.6. The lowest BCUT2D eigenvalue weighted by atomic mass is 9.99. The Kier molecular flexibility index (Phi) is 6.14. The fourth-order valence-corrected chi connectivity index (χ4v) is 4.99. The molecule has 0 atom stereocenters. The molecule has 5 aromatic carbocycles. The maximum absolute atomic E-state index is 6.55. The van der Waals surface area contributed by atoms with Gasteiger partial charge in [-0.15, -0.1) is 0 Å². The lowest BCUT2D eigenvalue weighted by Gasteiger charge is -2.11. The Balaban J connectivity index is 1.42. The van der Waals surface area contributed by atoms with Crippen LogP contribution in [0.25, 0.3) is 38.8 Å². The lowest BCUT2D eigenvalue weighted by molar-refractivity contribution is 1.18. The highest BCUT2D eigenvalue weighted by atomic mass is 15.0. The van der Waals surface area contributed by atoms with Crippen LogP contribution >= 0.6 is 0 Å². The summed E-state index contributed by atoms with van der Waals surface area (Å²) < 4.78 is 2.34. The average molecular weight is 477 g/mol. The van der Waals surface area contributed by atoms with Crippen LogP contribution in [0.5, 0.6) is 0 Å². The number of hydrogen-bond donors (Lipinski definition) is 1. The van der Waals surface area contributed by atoms with E-state index < -0.39 is 0 Å². The van der Waals surface area contributed by atoms with Crippen LogP contribution in [-0.4, -0.2) is 4.57 Å². The van der Waals surface area contributed by atoms with Crippen molar-refractivity contribution in [2.45, 2.75) is 6.42 Å². The van der Waals surface area contributed by atoms with Gasteiger partial charge in [-0.25, -0.2) is 0 Å². The second-order valence-electron chi connectivity index (χ2n) is 9.23. The van der Waals surface area contributed by atoms with E-state index >= 15 is 0 Å². The van der Waals surface area contributed by atoms with Crippen molar-refractivity contribution >= 4 is 33.1 Å². The van der Waals surface area contributed by atoms with Gasteiger partial charge in [-0.3, -0.25) is 0 Å². The summed E-state index contributed by atoms with van der Waals surface area (Å²) in [6, 6.07) is 46.7. The van der Waals surface area contributed by atoms with E-state index in [-0.39, 0.29) is 0 Å². The van der Waals surface area contributed by atoms with Crippen LogP contribution in [0.2, 0.25) is 0 Å². The largest absolute Gasteiger partial charge is 0.398 e. The number of fused-ring (bicyclic) bond motifs is 3. The summed E-state index contributed by atoms with van der Waals surface area (Å²) in [6.45, 7) is 0. The first-order valence-electron chi connectivity index (χ1n) is 12.6. The highest BCUT2D eigenvalue weighted by molar-refractivity contribution is 6.09. The molecule has 0 saturated heterocycles. The highest BCUT2D eigenvalue weighted by Gasteiger charge is 2.11. The van der Waals surface area contributed by atoms with E-state index in [2.05, 4.69) is 120 Å². The van der Waals surface area contributed by atoms with Gasteiger partial charge in [0.15, 0.2) is 0 Å². The zero-order valence-corrected chi connectivity index (χ0v) is 20.6. The molecule has 6 aromatic rings. The van der Waals surface area contributed by atoms with Gasteiger partial charge in [0.05, 0.1) is 11.0 Å². The quantitative estimate of drug-likeness (QED) is 0.240. The Morgan fingerprint density at radius 3 is 1.73 bits per heavy atom. The zero-order valence-electron chi connectivity index (χ0n) is 20.6. The van der Waals surface area contributed by atoms with E-state index in [9.17, 15) is 0 Å². The predicted molar refractivity (Wildman–Crippen MR) is 158 cm³/mol. The third-order valence-electron chi connectivity index (χ3n) is 6.86. The Hall–Kier alpha value is -4.82. The molecule has 0 bridgehead atoms. The third kappa shape index (κ3) is 4.57. The second-order valence-corrected chi connectivity index (χ2v) is 9.23. The summed E-state index contributed by atoms with van der Waals surface area (Å²) in [7, 11) is 0. The fraction of sp³-hybridized carbons (Fsp3) is 0.0286. The van der Waals surface area contributed by atoms with Crippen LogP contribution in [0, 0.1) is 0 Å². The molecule has 0 fully saturated rings. The van der Waals surface area contributed by atoms with E-state index in [4.69, 9.17) is 5.73 Å². The molecule has 0 radical (unpaired) electrons. The van der Waals surface area contributed by atoms with E-state index in [0.29, 0.717) is 0 Å². The molecule has 1 aromatic heterocycles. The maximum atomic E-state index is 6.55. The Bertz CT molecular complexity index is 1670. The van der Waals surface area contributed by atoms with E-state index in [1.807, 2.05) is 30.3 Å². The molecule has 2 heteroatoms. The van der Waals surface area contributed by atoms with Gasteiger partial charge >= 0.3 is 0 Å². The minimum Gasteiger partial charge on any atom is -0.398 e. The molecule has 0 amide bonds. The first kappa shape index (κ1) is 22.6. The molecule has 0 aliphatic rings. The first-order chi connectivity index (χ1) is 18.3. The Labute approximate surface area is 217 Å². The number of benzene rings is 5. The van der Waals surface area contributed by atoms with Crippen molar-refractivity contribution in [3.05, 3.63) is 162 Å². The average Bonchev–Trinajstić information content (AvgIpc) is 3.31. The minimum absolute atomic E-state index is 0.756. The summed E-state index contributed by atoms with van der Waals surface area (Å²) >= 11 is 0. The predicted octanol–water partition coefficient (Wildman–Crippen LogP) is 8.41. The number of nitrogens with two attached hydrogens (primary N) is 1. The van der Waals surface area contributed by atoms with Gasteiger partial charge in [0.1, 0.15) is 0 Å². The number of allylic oxidation sites excluding steroid dienone is 3. The number of nitrogens with zero attached hydrogens (tertiary/aromatic N) is 1. The Morgan fingerprint density at radius 2 is 1.11 bits per heavy atom. The number of aromatic nitrogens is 1. The van der Waals surface area contributed by atoms with Crippen molar-refractivity contribution < 1.29 is 0 Å². The molecule has 6 rings (SSSR count). The molecule has 1 heterocycles. The summed E-state index contributed by atoms with van der Waals surface area (Å²) in [5.41, 5.74) is 15.4. The van der Waals surface area contributed by atoms with E-state index in [0.717, 1.165) is 34.5 Å². The molecular weight excluding hydrogens is 448 g/mol.